The van der Waals surface area contributed by atoms with E-state index in [0.29, 0.717) is 37.9 Å². The van der Waals surface area contributed by atoms with E-state index >= 15 is 0 Å². The number of nitrogens with one attached hydrogen (secondary N) is 2. The molecule has 0 radical (unpaired) electrons. The van der Waals surface area contributed by atoms with Gasteiger partial charge in [-0.25, -0.2) is 0 Å². The van der Waals surface area contributed by atoms with Gasteiger partial charge in [0.25, 0.3) is 11.8 Å². The minimum Gasteiger partial charge on any atom is -0.481 e. The van der Waals surface area contributed by atoms with Crippen LogP contribution in [0.15, 0.2) is 33.7 Å². The van der Waals surface area contributed by atoms with Crippen molar-refractivity contribution >= 4 is 35.9 Å². The van der Waals surface area contributed by atoms with Crippen molar-refractivity contribution in [3.63, 3.8) is 0 Å². The fourth-order valence-corrected chi connectivity index (χ4v) is 6.92. The Morgan fingerprint density at radius 2 is 1.55 bits per heavy atom. The van der Waals surface area contributed by atoms with Crippen LogP contribution in [0.2, 0.25) is 0 Å². The summed E-state index contributed by atoms with van der Waals surface area (Å²) >= 11 is 0. The van der Waals surface area contributed by atoms with Gasteiger partial charge in [-0.2, -0.15) is 0 Å². The third-order valence-electron chi connectivity index (χ3n) is 9.37. The molecule has 0 fully saturated rings. The number of hydrogen-bond acceptors (Lipinski definition) is 4. The lowest BCUT2D eigenvalue weighted by atomic mass is 9.98. The summed E-state index contributed by atoms with van der Waals surface area (Å²) in [4.78, 5) is 54.2. The molecule has 2 amide bonds. The molecule has 0 saturated carbocycles. The van der Waals surface area contributed by atoms with Crippen LogP contribution in [0, 0.1) is 13.8 Å². The van der Waals surface area contributed by atoms with Crippen molar-refractivity contribution in [3.8, 4) is 0 Å². The molecule has 0 saturated heterocycles. The van der Waals surface area contributed by atoms with E-state index in [0.717, 1.165) is 79.6 Å². The van der Waals surface area contributed by atoms with E-state index in [1.165, 1.54) is 0 Å². The Hall–Kier alpha value is -4.60. The predicted octanol–water partition coefficient (Wildman–Crippen LogP) is 5.14. The van der Waals surface area contributed by atoms with Gasteiger partial charge in [0.1, 0.15) is 6.67 Å². The summed E-state index contributed by atoms with van der Waals surface area (Å²) in [7, 11) is 0. The largest absolute Gasteiger partial charge is 0.481 e. The maximum Gasteiger partial charge on any atom is 0.303 e. The molecule has 44 heavy (non-hydrogen) atoms. The summed E-state index contributed by atoms with van der Waals surface area (Å²) in [5.74, 6) is -1.93. The van der Waals surface area contributed by atoms with Crippen LogP contribution in [0.4, 0.5) is 0 Å². The zero-order chi connectivity index (χ0) is 32.0. The zero-order valence-corrected chi connectivity index (χ0v) is 26.2. The van der Waals surface area contributed by atoms with E-state index in [2.05, 4.69) is 14.9 Å². The van der Waals surface area contributed by atoms with Crippen LogP contribution in [0.3, 0.4) is 0 Å². The van der Waals surface area contributed by atoms with Crippen LogP contribution in [-0.2, 0) is 45.1 Å². The molecule has 2 aromatic rings. The minimum atomic E-state index is -0.899. The molecule has 0 atom stereocenters. The number of fused-ring (bicyclic) bond motifs is 2. The molecular weight excluding hydrogens is 560 g/mol. The van der Waals surface area contributed by atoms with Crippen molar-refractivity contribution < 1.29 is 29.4 Å². The molecule has 0 spiro atoms. The van der Waals surface area contributed by atoms with Crippen LogP contribution in [0.25, 0.3) is 12.2 Å². The Morgan fingerprint density at radius 3 is 2.16 bits per heavy atom. The maximum atomic E-state index is 13.2. The summed E-state index contributed by atoms with van der Waals surface area (Å²) in [5.41, 5.74) is 12.2. The number of aliphatic carboxylic acids is 2. The highest BCUT2D eigenvalue weighted by atomic mass is 16.4. The molecule has 5 heterocycles. The molecular formula is C34H40N4O6. The summed E-state index contributed by atoms with van der Waals surface area (Å²) in [5, 5.41) is 22.0. The quantitative estimate of drug-likeness (QED) is 0.281. The van der Waals surface area contributed by atoms with Gasteiger partial charge in [0.15, 0.2) is 0 Å². The number of aromatic amines is 1. The normalized spacial score (nSPS) is 17.1. The number of aromatic nitrogens is 2. The summed E-state index contributed by atoms with van der Waals surface area (Å²) in [6.45, 7) is 12.0. The first-order chi connectivity index (χ1) is 20.9. The third-order valence-corrected chi connectivity index (χ3v) is 9.37. The average Bonchev–Trinajstić information content (AvgIpc) is 3.60. The molecule has 4 N–H and O–H groups in total. The van der Waals surface area contributed by atoms with Gasteiger partial charge in [-0.3, -0.25) is 24.1 Å². The predicted molar refractivity (Wildman–Crippen MR) is 166 cm³/mol. The Kier molecular flexibility index (Phi) is 8.29. The van der Waals surface area contributed by atoms with E-state index in [1.54, 1.807) is 4.90 Å². The number of H-pyrrole nitrogens is 1. The molecule has 5 rings (SSSR count). The van der Waals surface area contributed by atoms with E-state index in [4.69, 9.17) is 0 Å². The number of hydrogen-bond donors (Lipinski definition) is 4. The second-order valence-corrected chi connectivity index (χ2v) is 11.8. The highest BCUT2D eigenvalue weighted by molar-refractivity contribution is 6.01. The van der Waals surface area contributed by atoms with Crippen molar-refractivity contribution in [2.75, 3.05) is 0 Å². The average molecular weight is 601 g/mol. The van der Waals surface area contributed by atoms with Gasteiger partial charge in [-0.1, -0.05) is 13.8 Å². The van der Waals surface area contributed by atoms with Gasteiger partial charge in [0.05, 0.1) is 5.70 Å². The molecule has 232 valence electrons. The van der Waals surface area contributed by atoms with Gasteiger partial charge in [-0.15, -0.1) is 0 Å². The SMILES string of the molecule is CCC1=C(C)C(=O)N2Cn3c(c(C)c(CCC(=O)O)c3Cc3[nH]c(/C=C4\NC(=O)C(C)=C4CC)c(C)c3CCC(=O)O)C=C12. The van der Waals surface area contributed by atoms with Gasteiger partial charge in [0, 0.05) is 58.9 Å². The number of nitrogens with zero attached hydrogens (tertiary/aromatic N) is 2. The molecule has 3 aliphatic rings. The van der Waals surface area contributed by atoms with Crippen molar-refractivity contribution in [1.29, 1.82) is 0 Å². The van der Waals surface area contributed by atoms with Gasteiger partial charge < -0.3 is 25.1 Å². The van der Waals surface area contributed by atoms with Crippen molar-refractivity contribution in [1.82, 2.24) is 19.8 Å². The zero-order valence-electron chi connectivity index (χ0n) is 26.2. The fraction of sp³-hybridized carbons (Fsp3) is 0.412. The number of carbonyl (C=O) groups is 4. The Morgan fingerprint density at radius 1 is 0.909 bits per heavy atom. The number of carbonyl (C=O) groups excluding carboxylic acids is 2. The molecule has 10 heteroatoms. The van der Waals surface area contributed by atoms with Gasteiger partial charge in [-0.05, 0) is 98.9 Å². The lowest BCUT2D eigenvalue weighted by Crippen LogP contribution is -2.32. The van der Waals surface area contributed by atoms with Crippen molar-refractivity contribution in [2.24, 2.45) is 0 Å². The Bertz CT molecular complexity index is 1740. The number of allylic oxidation sites excluding steroid dienone is 2. The molecule has 3 aliphatic heterocycles. The summed E-state index contributed by atoms with van der Waals surface area (Å²) in [6, 6.07) is 0. The highest BCUT2D eigenvalue weighted by Gasteiger charge is 2.36. The Labute approximate surface area is 256 Å². The molecule has 0 bridgehead atoms. The Balaban J connectivity index is 1.64. The lowest BCUT2D eigenvalue weighted by Gasteiger charge is -2.28. The minimum absolute atomic E-state index is 0.0244. The molecule has 0 unspecified atom stereocenters. The number of carboxylic acids is 2. The second kappa shape index (κ2) is 11.8. The number of carboxylic acid groups (broad SMARTS) is 2. The smallest absolute Gasteiger partial charge is 0.303 e. The van der Waals surface area contributed by atoms with Gasteiger partial charge >= 0.3 is 11.9 Å². The van der Waals surface area contributed by atoms with Crippen LogP contribution in [-0.4, -0.2) is 48.4 Å². The second-order valence-electron chi connectivity index (χ2n) is 11.8. The third kappa shape index (κ3) is 5.22. The van der Waals surface area contributed by atoms with Crippen LogP contribution in [0.5, 0.6) is 0 Å². The first kappa shape index (κ1) is 30.8. The maximum absolute atomic E-state index is 13.2. The number of amides is 2. The van der Waals surface area contributed by atoms with Gasteiger partial charge in [0.2, 0.25) is 0 Å². The first-order valence-electron chi connectivity index (χ1n) is 15.2. The standard InChI is InChI=1S/C34H40N4O6/c1-7-21-19(5)33(43)36-26(21)13-25-17(3)23(9-11-31(39)40)27(35-25)14-29-24(10-12-32(41)42)18(4)28-15-30-22(8-2)20(6)34(44)38(30)16-37(28)29/h13,15,35H,7-12,14,16H2,1-6H3,(H,36,43)(H,39,40)(H,41,42)/b26-13-. The van der Waals surface area contributed by atoms with E-state index in [-0.39, 0.29) is 24.7 Å². The molecule has 2 aromatic heterocycles. The number of rotatable bonds is 11. The highest BCUT2D eigenvalue weighted by Crippen LogP contribution is 2.40. The van der Waals surface area contributed by atoms with E-state index in [1.807, 2.05) is 53.7 Å². The van der Waals surface area contributed by atoms with E-state index in [9.17, 15) is 29.4 Å². The monoisotopic (exact) mass is 600 g/mol. The summed E-state index contributed by atoms with van der Waals surface area (Å²) in [6.07, 6.45) is 6.35. The first-order valence-corrected chi connectivity index (χ1v) is 15.2. The molecule has 10 nitrogen and oxygen atoms in total. The molecule has 0 aliphatic carbocycles. The molecule has 0 aromatic carbocycles. The van der Waals surface area contributed by atoms with Crippen molar-refractivity contribution in [3.05, 3.63) is 78.7 Å². The fourth-order valence-electron chi connectivity index (χ4n) is 6.92. The lowest BCUT2D eigenvalue weighted by molar-refractivity contribution is -0.138. The van der Waals surface area contributed by atoms with Crippen LogP contribution >= 0.6 is 0 Å². The van der Waals surface area contributed by atoms with E-state index < -0.39 is 11.9 Å². The van der Waals surface area contributed by atoms with Crippen LogP contribution < -0.4 is 5.32 Å². The van der Waals surface area contributed by atoms with Crippen LogP contribution in [0.1, 0.15) is 98.4 Å². The van der Waals surface area contributed by atoms with Crippen molar-refractivity contribution in [2.45, 2.75) is 93.2 Å². The topological polar surface area (TPSA) is 145 Å². The summed E-state index contributed by atoms with van der Waals surface area (Å²) < 4.78 is 2.10.